The molecule has 0 spiro atoms. The number of hydrogen-bond donors (Lipinski definition) is 1. The predicted octanol–water partition coefficient (Wildman–Crippen LogP) is 5.41. The number of aromatic nitrogens is 5. The van der Waals surface area contributed by atoms with Gasteiger partial charge in [-0.3, -0.25) is 9.69 Å². The molecule has 1 aliphatic carbocycles. The molecule has 0 bridgehead atoms. The van der Waals surface area contributed by atoms with E-state index in [-0.39, 0.29) is 11.6 Å². The summed E-state index contributed by atoms with van der Waals surface area (Å²) in [6.07, 6.45) is 6.55. The fourth-order valence-corrected chi connectivity index (χ4v) is 5.90. The maximum atomic E-state index is 13.1. The Bertz CT molecular complexity index is 1290. The van der Waals surface area contributed by atoms with E-state index in [0.29, 0.717) is 12.6 Å². The first-order chi connectivity index (χ1) is 16.7. The van der Waals surface area contributed by atoms with Gasteiger partial charge in [-0.2, -0.15) is 0 Å². The molecule has 0 aliphatic heterocycles. The van der Waals surface area contributed by atoms with Gasteiger partial charge < -0.3 is 4.98 Å². The normalized spacial score (nSPS) is 15.5. The molecule has 0 radical (unpaired) electrons. The third-order valence-electron chi connectivity index (χ3n) is 7.02. The van der Waals surface area contributed by atoms with Gasteiger partial charge >= 0.3 is 0 Å². The average molecular weight is 477 g/mol. The van der Waals surface area contributed by atoms with Crippen LogP contribution in [-0.2, 0) is 19.5 Å². The first-order valence-corrected chi connectivity index (χ1v) is 13.2. The third-order valence-corrected chi connectivity index (χ3v) is 7.88. The number of aromatic amines is 1. The van der Waals surface area contributed by atoms with Crippen molar-refractivity contribution in [2.45, 2.75) is 77.5 Å². The van der Waals surface area contributed by atoms with E-state index in [2.05, 4.69) is 79.7 Å². The molecule has 1 unspecified atom stereocenters. The SMILES string of the molecule is CCc1ccc2[nH]c(=O)c(CN(Cc3cccs3)C(CC)c3nnnn3C3CCCC3)cc2c1. The molecule has 8 heteroatoms. The summed E-state index contributed by atoms with van der Waals surface area (Å²) in [5.41, 5.74) is 2.89. The topological polar surface area (TPSA) is 79.7 Å². The highest BCUT2D eigenvalue weighted by molar-refractivity contribution is 7.09. The van der Waals surface area contributed by atoms with Gasteiger partial charge in [-0.05, 0) is 76.7 Å². The van der Waals surface area contributed by atoms with Crippen LogP contribution in [0.15, 0.2) is 46.6 Å². The molecule has 1 aromatic carbocycles. The molecule has 0 saturated heterocycles. The summed E-state index contributed by atoms with van der Waals surface area (Å²) in [5.74, 6) is 0.913. The van der Waals surface area contributed by atoms with Gasteiger partial charge in [0.2, 0.25) is 0 Å². The summed E-state index contributed by atoms with van der Waals surface area (Å²) in [5, 5.41) is 16.1. The molecule has 1 fully saturated rings. The summed E-state index contributed by atoms with van der Waals surface area (Å²) in [7, 11) is 0. The van der Waals surface area contributed by atoms with Gasteiger partial charge in [0.05, 0.1) is 12.1 Å². The number of H-pyrrole nitrogens is 1. The first-order valence-electron chi connectivity index (χ1n) is 12.3. The van der Waals surface area contributed by atoms with Crippen LogP contribution in [-0.4, -0.2) is 30.1 Å². The van der Waals surface area contributed by atoms with Crippen LogP contribution in [0.5, 0.6) is 0 Å². The van der Waals surface area contributed by atoms with Crippen molar-refractivity contribution in [3.63, 3.8) is 0 Å². The Labute approximate surface area is 203 Å². The van der Waals surface area contributed by atoms with Gasteiger partial charge in [0.25, 0.3) is 5.56 Å². The number of nitrogens with zero attached hydrogens (tertiary/aromatic N) is 5. The summed E-state index contributed by atoms with van der Waals surface area (Å²) < 4.78 is 2.06. The molecule has 7 nitrogen and oxygen atoms in total. The van der Waals surface area contributed by atoms with Crippen molar-refractivity contribution in [2.75, 3.05) is 0 Å². The fraction of sp³-hybridized carbons (Fsp3) is 0.462. The molecule has 178 valence electrons. The van der Waals surface area contributed by atoms with Gasteiger partial charge in [-0.25, -0.2) is 4.68 Å². The van der Waals surface area contributed by atoms with Crippen molar-refractivity contribution < 1.29 is 0 Å². The molecule has 1 aliphatic rings. The number of nitrogens with one attached hydrogen (secondary N) is 1. The molecule has 1 N–H and O–H groups in total. The lowest BCUT2D eigenvalue weighted by Crippen LogP contribution is -2.32. The van der Waals surface area contributed by atoms with Gasteiger partial charge in [-0.15, -0.1) is 16.4 Å². The fourth-order valence-electron chi connectivity index (χ4n) is 5.17. The largest absolute Gasteiger partial charge is 0.322 e. The Morgan fingerprint density at radius 2 is 2.03 bits per heavy atom. The smallest absolute Gasteiger partial charge is 0.252 e. The van der Waals surface area contributed by atoms with Crippen molar-refractivity contribution in [1.82, 2.24) is 30.1 Å². The van der Waals surface area contributed by atoms with Gasteiger partial charge in [0, 0.05) is 29.0 Å². The average Bonchev–Trinajstić information content (AvgIpc) is 3.62. The van der Waals surface area contributed by atoms with Crippen LogP contribution in [0.2, 0.25) is 0 Å². The van der Waals surface area contributed by atoms with E-state index >= 15 is 0 Å². The van der Waals surface area contributed by atoms with Crippen molar-refractivity contribution in [1.29, 1.82) is 0 Å². The monoisotopic (exact) mass is 476 g/mol. The Balaban J connectivity index is 1.52. The molecule has 34 heavy (non-hydrogen) atoms. The zero-order valence-electron chi connectivity index (χ0n) is 19.9. The number of fused-ring (bicyclic) bond motifs is 1. The Morgan fingerprint density at radius 1 is 1.18 bits per heavy atom. The molecule has 3 heterocycles. The van der Waals surface area contributed by atoms with Crippen LogP contribution in [0.4, 0.5) is 0 Å². The second-order valence-corrected chi connectivity index (χ2v) is 10.3. The van der Waals surface area contributed by atoms with Crippen molar-refractivity contribution in [3.05, 3.63) is 74.0 Å². The van der Waals surface area contributed by atoms with E-state index in [9.17, 15) is 4.79 Å². The predicted molar refractivity (Wildman–Crippen MR) is 136 cm³/mol. The summed E-state index contributed by atoms with van der Waals surface area (Å²) in [6.45, 7) is 5.62. The third kappa shape index (κ3) is 4.70. The number of hydrogen-bond acceptors (Lipinski definition) is 6. The Kier molecular flexibility index (Phi) is 6.87. The van der Waals surface area contributed by atoms with Crippen LogP contribution >= 0.6 is 11.3 Å². The highest BCUT2D eigenvalue weighted by atomic mass is 32.1. The van der Waals surface area contributed by atoms with Crippen molar-refractivity contribution >= 4 is 22.2 Å². The minimum Gasteiger partial charge on any atom is -0.322 e. The van der Waals surface area contributed by atoms with E-state index in [4.69, 9.17) is 0 Å². The minimum absolute atomic E-state index is 0.0229. The summed E-state index contributed by atoms with van der Waals surface area (Å²) in [4.78, 5) is 19.8. The van der Waals surface area contributed by atoms with Crippen LogP contribution < -0.4 is 5.56 Å². The highest BCUT2D eigenvalue weighted by Gasteiger charge is 2.29. The molecule has 5 rings (SSSR count). The minimum atomic E-state index is -0.0295. The lowest BCUT2D eigenvalue weighted by molar-refractivity contribution is 0.159. The van der Waals surface area contributed by atoms with Gasteiger partial charge in [0.1, 0.15) is 0 Å². The van der Waals surface area contributed by atoms with E-state index in [1.165, 1.54) is 23.3 Å². The van der Waals surface area contributed by atoms with Gasteiger partial charge in [0.15, 0.2) is 5.82 Å². The number of aryl methyl sites for hydroxylation is 1. The van der Waals surface area contributed by atoms with Crippen LogP contribution in [0.3, 0.4) is 0 Å². The van der Waals surface area contributed by atoms with E-state index in [1.54, 1.807) is 11.3 Å². The molecular formula is C26H32N6OS. The van der Waals surface area contributed by atoms with E-state index < -0.39 is 0 Å². The molecular weight excluding hydrogens is 444 g/mol. The molecule has 1 saturated carbocycles. The summed E-state index contributed by atoms with van der Waals surface area (Å²) in [6, 6.07) is 13.0. The molecule has 4 aromatic rings. The number of tetrazole rings is 1. The number of pyridine rings is 1. The maximum Gasteiger partial charge on any atom is 0.252 e. The second-order valence-electron chi connectivity index (χ2n) is 9.23. The zero-order chi connectivity index (χ0) is 23.5. The maximum absolute atomic E-state index is 13.1. The number of thiophene rings is 1. The molecule has 3 aromatic heterocycles. The second kappa shape index (κ2) is 10.2. The number of rotatable bonds is 9. The van der Waals surface area contributed by atoms with E-state index in [0.717, 1.165) is 54.5 Å². The lowest BCUT2D eigenvalue weighted by atomic mass is 10.1. The quantitative estimate of drug-likeness (QED) is 0.349. The molecule has 0 amide bonds. The summed E-state index contributed by atoms with van der Waals surface area (Å²) >= 11 is 1.74. The Morgan fingerprint density at radius 3 is 2.76 bits per heavy atom. The highest BCUT2D eigenvalue weighted by Crippen LogP contribution is 2.33. The van der Waals surface area contributed by atoms with Crippen LogP contribution in [0.1, 0.15) is 79.9 Å². The standard InChI is InChI=1S/C26H32N6OS/c1-3-18-11-12-23-19(14-18)15-20(26(33)27-23)16-31(17-22-10-7-13-34-22)24(4-2)25-28-29-30-32(25)21-8-5-6-9-21/h7,10-15,21,24H,3-6,8-9,16-17H2,1-2H3,(H,27,33). The molecule has 1 atom stereocenters. The van der Waals surface area contributed by atoms with Crippen LogP contribution in [0.25, 0.3) is 10.9 Å². The zero-order valence-corrected chi connectivity index (χ0v) is 20.7. The van der Waals surface area contributed by atoms with Crippen molar-refractivity contribution in [2.24, 2.45) is 0 Å². The Hall–Kier alpha value is -2.84. The lowest BCUT2D eigenvalue weighted by Gasteiger charge is -2.30. The van der Waals surface area contributed by atoms with E-state index in [1.807, 2.05) is 6.07 Å². The van der Waals surface area contributed by atoms with Crippen molar-refractivity contribution in [3.8, 4) is 0 Å². The first kappa shape index (κ1) is 22.9. The van der Waals surface area contributed by atoms with Crippen LogP contribution in [0, 0.1) is 0 Å². The number of benzene rings is 1. The van der Waals surface area contributed by atoms with Gasteiger partial charge in [-0.1, -0.05) is 38.8 Å².